The molecule has 2 aromatic rings. The van der Waals surface area contributed by atoms with Crippen LogP contribution in [0.15, 0.2) is 43.0 Å². The van der Waals surface area contributed by atoms with E-state index in [0.29, 0.717) is 6.04 Å². The Morgan fingerprint density at radius 2 is 2.05 bits per heavy atom. The van der Waals surface area contributed by atoms with Crippen LogP contribution in [0.2, 0.25) is 0 Å². The van der Waals surface area contributed by atoms with Crippen molar-refractivity contribution in [1.82, 2.24) is 14.9 Å². The minimum Gasteiger partial charge on any atom is -0.496 e. The first-order valence-electron chi connectivity index (χ1n) is 7.31. The molecule has 21 heavy (non-hydrogen) atoms. The number of rotatable bonds is 6. The Morgan fingerprint density at radius 3 is 2.67 bits per heavy atom. The van der Waals surface area contributed by atoms with Gasteiger partial charge in [0.1, 0.15) is 5.75 Å². The van der Waals surface area contributed by atoms with Crippen LogP contribution in [0.3, 0.4) is 0 Å². The van der Waals surface area contributed by atoms with E-state index in [1.54, 1.807) is 7.11 Å². The Balaban J connectivity index is 2.05. The molecule has 0 aliphatic rings. The highest BCUT2D eigenvalue weighted by Gasteiger charge is 2.24. The first-order chi connectivity index (χ1) is 10.0. The van der Waals surface area contributed by atoms with E-state index in [-0.39, 0.29) is 5.41 Å². The molecule has 0 saturated carbocycles. The van der Waals surface area contributed by atoms with E-state index in [2.05, 4.69) is 41.7 Å². The topological polar surface area (TPSA) is 39.1 Å². The minimum atomic E-state index is 0.159. The number of nitrogens with one attached hydrogen (secondary N) is 1. The fourth-order valence-electron chi connectivity index (χ4n) is 2.33. The highest BCUT2D eigenvalue weighted by Crippen LogP contribution is 2.23. The van der Waals surface area contributed by atoms with Crippen LogP contribution in [0.4, 0.5) is 0 Å². The van der Waals surface area contributed by atoms with Crippen LogP contribution in [0.25, 0.3) is 0 Å². The Kier molecular flexibility index (Phi) is 5.02. The maximum absolute atomic E-state index is 5.41. The maximum atomic E-state index is 5.41. The SMILES string of the molecule is COc1ccccc1CNC(Cn1ccnc1)C(C)(C)C. The number of hydrogen-bond acceptors (Lipinski definition) is 3. The lowest BCUT2D eigenvalue weighted by Crippen LogP contribution is -2.43. The van der Waals surface area contributed by atoms with Crippen molar-refractivity contribution in [2.24, 2.45) is 5.41 Å². The third kappa shape index (κ3) is 4.33. The zero-order valence-corrected chi connectivity index (χ0v) is 13.3. The van der Waals surface area contributed by atoms with Crippen molar-refractivity contribution < 1.29 is 4.74 Å². The molecule has 0 bridgehead atoms. The molecule has 114 valence electrons. The van der Waals surface area contributed by atoms with Gasteiger partial charge in [-0.1, -0.05) is 39.0 Å². The summed E-state index contributed by atoms with van der Waals surface area (Å²) in [5.41, 5.74) is 1.34. The normalized spacial score (nSPS) is 13.1. The molecule has 4 heteroatoms. The van der Waals surface area contributed by atoms with Gasteiger partial charge in [-0.15, -0.1) is 0 Å². The highest BCUT2D eigenvalue weighted by molar-refractivity contribution is 5.33. The third-order valence-electron chi connectivity index (χ3n) is 3.73. The summed E-state index contributed by atoms with van der Waals surface area (Å²) in [6.07, 6.45) is 5.69. The monoisotopic (exact) mass is 287 g/mol. The Labute approximate surface area is 127 Å². The lowest BCUT2D eigenvalue weighted by atomic mass is 9.86. The average Bonchev–Trinajstić information content (AvgIpc) is 2.95. The van der Waals surface area contributed by atoms with Crippen LogP contribution in [-0.4, -0.2) is 22.7 Å². The lowest BCUT2D eigenvalue weighted by Gasteiger charge is -2.32. The molecule has 1 atom stereocenters. The second kappa shape index (κ2) is 6.76. The first-order valence-corrected chi connectivity index (χ1v) is 7.31. The fraction of sp³-hybridized carbons (Fsp3) is 0.471. The summed E-state index contributed by atoms with van der Waals surface area (Å²) in [5, 5.41) is 3.66. The van der Waals surface area contributed by atoms with Gasteiger partial charge in [0.05, 0.1) is 13.4 Å². The molecule has 0 aliphatic carbocycles. The second-order valence-electron chi connectivity index (χ2n) is 6.37. The molecule has 0 spiro atoms. The number of ether oxygens (including phenoxy) is 1. The number of hydrogen-bond donors (Lipinski definition) is 1. The van der Waals surface area contributed by atoms with Crippen LogP contribution in [0.1, 0.15) is 26.3 Å². The first kappa shape index (κ1) is 15.6. The molecule has 0 fully saturated rings. The van der Waals surface area contributed by atoms with Crippen molar-refractivity contribution in [2.75, 3.05) is 7.11 Å². The Hall–Kier alpha value is -1.81. The van der Waals surface area contributed by atoms with Crippen LogP contribution < -0.4 is 10.1 Å². The van der Waals surface area contributed by atoms with Crippen molar-refractivity contribution >= 4 is 0 Å². The number of aromatic nitrogens is 2. The van der Waals surface area contributed by atoms with E-state index < -0.39 is 0 Å². The van der Waals surface area contributed by atoms with Gasteiger partial charge in [0.2, 0.25) is 0 Å². The molecule has 0 saturated heterocycles. The van der Waals surface area contributed by atoms with Gasteiger partial charge >= 0.3 is 0 Å². The summed E-state index contributed by atoms with van der Waals surface area (Å²) < 4.78 is 7.53. The number of imidazole rings is 1. The number of methoxy groups -OCH3 is 1. The smallest absolute Gasteiger partial charge is 0.123 e. The predicted molar refractivity (Wildman–Crippen MR) is 85.3 cm³/mol. The number of para-hydroxylation sites is 1. The van der Waals surface area contributed by atoms with E-state index in [1.807, 2.05) is 36.9 Å². The molecule has 1 aromatic heterocycles. The van der Waals surface area contributed by atoms with Gasteiger partial charge in [0.25, 0.3) is 0 Å². The van der Waals surface area contributed by atoms with Gasteiger partial charge < -0.3 is 14.6 Å². The number of benzene rings is 1. The summed E-state index contributed by atoms with van der Waals surface area (Å²) in [7, 11) is 1.71. The van der Waals surface area contributed by atoms with Gasteiger partial charge in [-0.3, -0.25) is 0 Å². The molecule has 1 N–H and O–H groups in total. The molecular formula is C17H25N3O. The third-order valence-corrected chi connectivity index (χ3v) is 3.73. The van der Waals surface area contributed by atoms with Gasteiger partial charge in [-0.25, -0.2) is 4.98 Å². The lowest BCUT2D eigenvalue weighted by molar-refractivity contribution is 0.239. The molecule has 0 radical (unpaired) electrons. The average molecular weight is 287 g/mol. The predicted octanol–water partition coefficient (Wildman–Crippen LogP) is 3.10. The molecule has 1 unspecified atom stereocenters. The molecule has 0 aliphatic heterocycles. The molecule has 1 aromatic carbocycles. The summed E-state index contributed by atoms with van der Waals surface area (Å²) in [4.78, 5) is 4.12. The van der Waals surface area contributed by atoms with Crippen molar-refractivity contribution in [3.63, 3.8) is 0 Å². The summed E-state index contributed by atoms with van der Waals surface area (Å²) in [6.45, 7) is 8.46. The zero-order chi connectivity index (χ0) is 15.3. The van der Waals surface area contributed by atoms with Crippen molar-refractivity contribution in [3.8, 4) is 5.75 Å². The van der Waals surface area contributed by atoms with Crippen LogP contribution in [0.5, 0.6) is 5.75 Å². The van der Waals surface area contributed by atoms with Gasteiger partial charge in [-0.2, -0.15) is 0 Å². The molecule has 4 nitrogen and oxygen atoms in total. The Bertz CT molecular complexity index is 543. The second-order valence-corrected chi connectivity index (χ2v) is 6.37. The van der Waals surface area contributed by atoms with Crippen molar-refractivity contribution in [1.29, 1.82) is 0 Å². The van der Waals surface area contributed by atoms with Crippen molar-refractivity contribution in [2.45, 2.75) is 39.9 Å². The minimum absolute atomic E-state index is 0.159. The standard InChI is InChI=1S/C17H25N3O/c1-17(2,3)16(12-20-10-9-18-13-20)19-11-14-7-5-6-8-15(14)21-4/h5-10,13,16,19H,11-12H2,1-4H3. The van der Waals surface area contributed by atoms with Crippen LogP contribution >= 0.6 is 0 Å². The summed E-state index contributed by atoms with van der Waals surface area (Å²) in [5.74, 6) is 0.931. The fourth-order valence-corrected chi connectivity index (χ4v) is 2.33. The Morgan fingerprint density at radius 1 is 1.29 bits per heavy atom. The molecule has 1 heterocycles. The summed E-state index contributed by atoms with van der Waals surface area (Å²) in [6, 6.07) is 8.48. The number of nitrogens with zero attached hydrogens (tertiary/aromatic N) is 2. The van der Waals surface area contributed by atoms with Gasteiger partial charge in [0.15, 0.2) is 0 Å². The van der Waals surface area contributed by atoms with E-state index in [9.17, 15) is 0 Å². The molecular weight excluding hydrogens is 262 g/mol. The van der Waals surface area contributed by atoms with E-state index >= 15 is 0 Å². The van der Waals surface area contributed by atoms with E-state index in [1.165, 1.54) is 5.56 Å². The van der Waals surface area contributed by atoms with Crippen LogP contribution in [0, 0.1) is 5.41 Å². The van der Waals surface area contributed by atoms with Gasteiger partial charge in [-0.05, 0) is 11.5 Å². The van der Waals surface area contributed by atoms with E-state index in [0.717, 1.165) is 18.8 Å². The zero-order valence-electron chi connectivity index (χ0n) is 13.3. The van der Waals surface area contributed by atoms with Gasteiger partial charge in [0, 0.05) is 37.1 Å². The van der Waals surface area contributed by atoms with Crippen LogP contribution in [-0.2, 0) is 13.1 Å². The molecule has 0 amide bonds. The van der Waals surface area contributed by atoms with Crippen molar-refractivity contribution in [3.05, 3.63) is 48.5 Å². The summed E-state index contributed by atoms with van der Waals surface area (Å²) >= 11 is 0. The largest absolute Gasteiger partial charge is 0.496 e. The molecule has 2 rings (SSSR count). The van der Waals surface area contributed by atoms with E-state index in [4.69, 9.17) is 4.74 Å². The highest BCUT2D eigenvalue weighted by atomic mass is 16.5. The maximum Gasteiger partial charge on any atom is 0.123 e. The quantitative estimate of drug-likeness (QED) is 0.887.